The third kappa shape index (κ3) is 1.43. The van der Waals surface area contributed by atoms with Gasteiger partial charge in [-0.2, -0.15) is 0 Å². The molecule has 0 aliphatic heterocycles. The maximum absolute atomic E-state index is 4.53. The molecule has 1 aromatic carbocycles. The van der Waals surface area contributed by atoms with Crippen LogP contribution in [0, 0.1) is 0 Å². The van der Waals surface area contributed by atoms with E-state index in [1.807, 2.05) is 7.05 Å². The molecule has 72 valence electrons. The van der Waals surface area contributed by atoms with Gasteiger partial charge in [-0.1, -0.05) is 31.2 Å². The molecule has 0 atom stereocenters. The van der Waals surface area contributed by atoms with Crippen molar-refractivity contribution < 1.29 is 0 Å². The quantitative estimate of drug-likeness (QED) is 0.780. The first-order valence-electron chi connectivity index (χ1n) is 4.91. The van der Waals surface area contributed by atoms with Gasteiger partial charge in [-0.3, -0.25) is 0 Å². The molecular weight excluding hydrogens is 172 g/mol. The smallest absolute Gasteiger partial charge is 0.126 e. The normalized spacial score (nSPS) is 10.4. The second-order valence-corrected chi connectivity index (χ2v) is 3.28. The predicted molar refractivity (Wildman–Crippen MR) is 60.7 cm³/mol. The third-order valence-electron chi connectivity index (χ3n) is 2.41. The maximum Gasteiger partial charge on any atom is 0.126 e. The van der Waals surface area contributed by atoms with Crippen LogP contribution in [0.2, 0.25) is 0 Å². The number of aromatic nitrogens is 1. The van der Waals surface area contributed by atoms with E-state index in [9.17, 15) is 0 Å². The Bertz CT molecular complexity index is 449. The van der Waals surface area contributed by atoms with E-state index in [4.69, 9.17) is 0 Å². The van der Waals surface area contributed by atoms with Crippen molar-refractivity contribution >= 4 is 16.6 Å². The van der Waals surface area contributed by atoms with E-state index in [-0.39, 0.29) is 0 Å². The highest BCUT2D eigenvalue weighted by Gasteiger charge is 2.02. The van der Waals surface area contributed by atoms with E-state index >= 15 is 0 Å². The van der Waals surface area contributed by atoms with Crippen molar-refractivity contribution in [2.75, 3.05) is 12.4 Å². The van der Waals surface area contributed by atoms with Crippen molar-refractivity contribution in [3.63, 3.8) is 0 Å². The topological polar surface area (TPSA) is 24.9 Å². The van der Waals surface area contributed by atoms with E-state index < -0.39 is 0 Å². The summed E-state index contributed by atoms with van der Waals surface area (Å²) in [5.41, 5.74) is 1.16. The molecule has 0 unspecified atom stereocenters. The van der Waals surface area contributed by atoms with E-state index in [0.717, 1.165) is 17.9 Å². The predicted octanol–water partition coefficient (Wildman–Crippen LogP) is 2.84. The zero-order valence-electron chi connectivity index (χ0n) is 8.54. The number of nitrogens with zero attached hydrogens (tertiary/aromatic N) is 1. The van der Waals surface area contributed by atoms with Gasteiger partial charge in [0.25, 0.3) is 0 Å². The Labute approximate surface area is 84.0 Å². The molecule has 0 bridgehead atoms. The van der Waals surface area contributed by atoms with Gasteiger partial charge in [0, 0.05) is 12.4 Å². The first-order valence-corrected chi connectivity index (χ1v) is 4.91. The Morgan fingerprint density at radius 2 is 2.07 bits per heavy atom. The molecule has 2 nitrogen and oxygen atoms in total. The van der Waals surface area contributed by atoms with E-state index in [1.54, 1.807) is 0 Å². The van der Waals surface area contributed by atoms with Crippen LogP contribution in [0.1, 0.15) is 12.6 Å². The lowest BCUT2D eigenvalue weighted by Gasteiger charge is -2.06. The molecule has 2 rings (SSSR count). The number of anilines is 1. The number of nitrogens with one attached hydrogen (secondary N) is 1. The van der Waals surface area contributed by atoms with Gasteiger partial charge in [-0.25, -0.2) is 4.98 Å². The number of benzene rings is 1. The fourth-order valence-corrected chi connectivity index (χ4v) is 1.67. The Morgan fingerprint density at radius 1 is 1.29 bits per heavy atom. The van der Waals surface area contributed by atoms with Gasteiger partial charge in [-0.15, -0.1) is 0 Å². The van der Waals surface area contributed by atoms with Gasteiger partial charge in [0.1, 0.15) is 5.82 Å². The summed E-state index contributed by atoms with van der Waals surface area (Å²) in [6.07, 6.45) is 0.968. The van der Waals surface area contributed by atoms with Crippen LogP contribution < -0.4 is 5.32 Å². The summed E-state index contributed by atoms with van der Waals surface area (Å²) in [5.74, 6) is 0.945. The van der Waals surface area contributed by atoms with Crippen molar-refractivity contribution in [2.24, 2.45) is 0 Å². The fourth-order valence-electron chi connectivity index (χ4n) is 1.67. The Hall–Kier alpha value is -1.57. The summed E-state index contributed by atoms with van der Waals surface area (Å²) >= 11 is 0. The minimum Gasteiger partial charge on any atom is -0.373 e. The largest absolute Gasteiger partial charge is 0.373 e. The summed E-state index contributed by atoms with van der Waals surface area (Å²) in [5, 5.41) is 5.59. The molecule has 0 spiro atoms. The van der Waals surface area contributed by atoms with Crippen LogP contribution >= 0.6 is 0 Å². The van der Waals surface area contributed by atoms with Gasteiger partial charge in [0.2, 0.25) is 0 Å². The summed E-state index contributed by atoms with van der Waals surface area (Å²) in [6, 6.07) is 10.4. The number of hydrogen-bond acceptors (Lipinski definition) is 2. The van der Waals surface area contributed by atoms with Crippen molar-refractivity contribution in [1.82, 2.24) is 4.98 Å². The minimum atomic E-state index is 0.945. The molecule has 0 saturated carbocycles. The first kappa shape index (κ1) is 9.00. The van der Waals surface area contributed by atoms with Gasteiger partial charge < -0.3 is 5.32 Å². The van der Waals surface area contributed by atoms with Crippen LogP contribution in [0.5, 0.6) is 0 Å². The highest BCUT2D eigenvalue weighted by molar-refractivity contribution is 5.86. The molecule has 2 heteroatoms. The van der Waals surface area contributed by atoms with Crippen LogP contribution in [0.25, 0.3) is 10.8 Å². The molecule has 1 N–H and O–H groups in total. The Kier molecular flexibility index (Phi) is 2.35. The van der Waals surface area contributed by atoms with Crippen LogP contribution in [-0.2, 0) is 6.42 Å². The Balaban J connectivity index is 2.73. The first-order chi connectivity index (χ1) is 6.85. The number of hydrogen-bond donors (Lipinski definition) is 1. The lowest BCUT2D eigenvalue weighted by molar-refractivity contribution is 1.06. The monoisotopic (exact) mass is 186 g/mol. The second kappa shape index (κ2) is 3.66. The molecular formula is C12H14N2. The van der Waals surface area contributed by atoms with Crippen LogP contribution in [0.15, 0.2) is 30.3 Å². The van der Waals surface area contributed by atoms with Crippen LogP contribution in [0.3, 0.4) is 0 Å². The molecule has 0 aliphatic carbocycles. The zero-order chi connectivity index (χ0) is 9.97. The van der Waals surface area contributed by atoms with Crippen molar-refractivity contribution in [3.05, 3.63) is 36.0 Å². The van der Waals surface area contributed by atoms with Gasteiger partial charge in [0.15, 0.2) is 0 Å². The summed E-state index contributed by atoms with van der Waals surface area (Å²) in [6.45, 7) is 2.13. The van der Waals surface area contributed by atoms with E-state index in [0.29, 0.717) is 0 Å². The lowest BCUT2D eigenvalue weighted by Crippen LogP contribution is -1.96. The molecule has 0 saturated heterocycles. The number of pyridine rings is 1. The van der Waals surface area contributed by atoms with E-state index in [2.05, 4.69) is 47.6 Å². The summed E-state index contributed by atoms with van der Waals surface area (Å²) in [4.78, 5) is 4.53. The molecule has 1 aromatic heterocycles. The zero-order valence-corrected chi connectivity index (χ0v) is 8.54. The van der Waals surface area contributed by atoms with Gasteiger partial charge >= 0.3 is 0 Å². The molecule has 0 aliphatic rings. The van der Waals surface area contributed by atoms with Crippen LogP contribution in [-0.4, -0.2) is 12.0 Å². The number of fused-ring (bicyclic) bond motifs is 1. The fraction of sp³-hybridized carbons (Fsp3) is 0.250. The van der Waals surface area contributed by atoms with Crippen molar-refractivity contribution in [3.8, 4) is 0 Å². The number of aryl methyl sites for hydroxylation is 1. The summed E-state index contributed by atoms with van der Waals surface area (Å²) < 4.78 is 0. The molecule has 2 aromatic rings. The van der Waals surface area contributed by atoms with Gasteiger partial charge in [-0.05, 0) is 17.9 Å². The second-order valence-electron chi connectivity index (χ2n) is 3.28. The van der Waals surface area contributed by atoms with Crippen LogP contribution in [0.4, 0.5) is 5.82 Å². The molecule has 1 heterocycles. The number of rotatable bonds is 2. The minimum absolute atomic E-state index is 0.945. The highest BCUT2D eigenvalue weighted by atomic mass is 15.0. The standard InChI is InChI=1S/C12H14N2/c1-3-11-10-7-5-4-6-9(10)8-12(13-2)14-11/h4-8H,3H2,1-2H3,(H,13,14). The molecule has 0 radical (unpaired) electrons. The molecule has 0 amide bonds. The summed E-state index contributed by atoms with van der Waals surface area (Å²) in [7, 11) is 1.90. The van der Waals surface area contributed by atoms with Crippen molar-refractivity contribution in [2.45, 2.75) is 13.3 Å². The van der Waals surface area contributed by atoms with Crippen molar-refractivity contribution in [1.29, 1.82) is 0 Å². The maximum atomic E-state index is 4.53. The molecule has 0 fully saturated rings. The average molecular weight is 186 g/mol. The lowest BCUT2D eigenvalue weighted by atomic mass is 10.1. The SMILES string of the molecule is CCc1nc(NC)cc2ccccc12. The Morgan fingerprint density at radius 3 is 2.79 bits per heavy atom. The third-order valence-corrected chi connectivity index (χ3v) is 2.41. The molecule has 14 heavy (non-hydrogen) atoms. The van der Waals surface area contributed by atoms with E-state index in [1.165, 1.54) is 10.8 Å². The van der Waals surface area contributed by atoms with Gasteiger partial charge in [0.05, 0.1) is 5.69 Å². The average Bonchev–Trinajstić information content (AvgIpc) is 2.27. The highest BCUT2D eigenvalue weighted by Crippen LogP contribution is 2.20.